The number of rotatable bonds is 3. The van der Waals surface area contributed by atoms with Gasteiger partial charge < -0.3 is 21.6 Å². The Hall–Kier alpha value is -1.03. The van der Waals surface area contributed by atoms with Crippen molar-refractivity contribution < 1.29 is 5.11 Å². The minimum atomic E-state index is -0.270. The van der Waals surface area contributed by atoms with Gasteiger partial charge in [-0.15, -0.1) is 0 Å². The van der Waals surface area contributed by atoms with Crippen molar-refractivity contribution >= 4 is 6.21 Å². The highest BCUT2D eigenvalue weighted by molar-refractivity contribution is 5.75. The van der Waals surface area contributed by atoms with Gasteiger partial charge in [-0.05, 0) is 26.2 Å². The number of hydrogen-bond acceptors (Lipinski definition) is 4. The van der Waals surface area contributed by atoms with Crippen LogP contribution in [0.2, 0.25) is 0 Å². The van der Waals surface area contributed by atoms with Crippen molar-refractivity contribution in [3.05, 3.63) is 11.4 Å². The van der Waals surface area contributed by atoms with Crippen LogP contribution in [0.5, 0.6) is 0 Å². The Morgan fingerprint density at radius 2 is 2.31 bits per heavy atom. The number of hydrogen-bond donors (Lipinski definition) is 4. The van der Waals surface area contributed by atoms with Crippen LogP contribution in [0, 0.1) is 5.41 Å². The maximum Gasteiger partial charge on any atom is 0.0741 e. The maximum atomic E-state index is 9.51. The first-order chi connectivity index (χ1) is 6.15. The molecule has 1 rings (SSSR count). The summed E-state index contributed by atoms with van der Waals surface area (Å²) in [6.07, 6.45) is 3.73. The zero-order valence-electron chi connectivity index (χ0n) is 7.88. The SMILES string of the molecule is C/C(NC1CCCC1O)=C(\N)C=N. The van der Waals surface area contributed by atoms with Gasteiger partial charge in [-0.25, -0.2) is 0 Å². The van der Waals surface area contributed by atoms with Gasteiger partial charge in [-0.1, -0.05) is 0 Å². The molecule has 0 amide bonds. The maximum absolute atomic E-state index is 9.51. The smallest absolute Gasteiger partial charge is 0.0741 e. The van der Waals surface area contributed by atoms with E-state index in [-0.39, 0.29) is 12.1 Å². The molecule has 1 fully saturated rings. The fourth-order valence-corrected chi connectivity index (χ4v) is 1.58. The number of nitrogens with two attached hydrogens (primary N) is 1. The van der Waals surface area contributed by atoms with Gasteiger partial charge in [-0.2, -0.15) is 0 Å². The lowest BCUT2D eigenvalue weighted by Gasteiger charge is -2.18. The van der Waals surface area contributed by atoms with Crippen LogP contribution in [-0.4, -0.2) is 23.5 Å². The van der Waals surface area contributed by atoms with Crippen LogP contribution in [0.3, 0.4) is 0 Å². The Labute approximate surface area is 78.3 Å². The number of aliphatic hydroxyl groups is 1. The minimum absolute atomic E-state index is 0.110. The molecule has 1 saturated carbocycles. The minimum Gasteiger partial charge on any atom is -0.396 e. The average molecular weight is 183 g/mol. The number of aliphatic hydroxyl groups excluding tert-OH is 1. The fraction of sp³-hybridized carbons (Fsp3) is 0.667. The third-order valence-corrected chi connectivity index (χ3v) is 2.47. The second kappa shape index (κ2) is 4.28. The summed E-state index contributed by atoms with van der Waals surface area (Å²) >= 11 is 0. The molecule has 2 atom stereocenters. The van der Waals surface area contributed by atoms with Gasteiger partial charge in [0.15, 0.2) is 0 Å². The Balaban J connectivity index is 2.53. The molecule has 4 heteroatoms. The third kappa shape index (κ3) is 2.45. The highest BCUT2D eigenvalue weighted by atomic mass is 16.3. The molecule has 0 radical (unpaired) electrons. The lowest BCUT2D eigenvalue weighted by atomic mass is 10.2. The van der Waals surface area contributed by atoms with Gasteiger partial charge in [0.1, 0.15) is 0 Å². The molecular weight excluding hydrogens is 166 g/mol. The fourth-order valence-electron chi connectivity index (χ4n) is 1.58. The monoisotopic (exact) mass is 183 g/mol. The van der Waals surface area contributed by atoms with E-state index in [0.29, 0.717) is 5.70 Å². The van der Waals surface area contributed by atoms with Crippen LogP contribution in [0.25, 0.3) is 0 Å². The van der Waals surface area contributed by atoms with E-state index < -0.39 is 0 Å². The molecule has 4 nitrogen and oxygen atoms in total. The largest absolute Gasteiger partial charge is 0.396 e. The normalized spacial score (nSPS) is 29.7. The zero-order valence-corrected chi connectivity index (χ0v) is 7.88. The summed E-state index contributed by atoms with van der Waals surface area (Å²) in [4.78, 5) is 0. The van der Waals surface area contributed by atoms with E-state index in [4.69, 9.17) is 11.1 Å². The van der Waals surface area contributed by atoms with E-state index in [1.54, 1.807) is 0 Å². The Kier molecular flexibility index (Phi) is 3.31. The van der Waals surface area contributed by atoms with Gasteiger partial charge >= 0.3 is 0 Å². The molecule has 0 aliphatic heterocycles. The lowest BCUT2D eigenvalue weighted by Crippen LogP contribution is -2.35. The molecular formula is C9H17N3O. The van der Waals surface area contributed by atoms with Crippen molar-refractivity contribution in [2.45, 2.75) is 38.3 Å². The third-order valence-electron chi connectivity index (χ3n) is 2.47. The predicted molar refractivity (Wildman–Crippen MR) is 52.5 cm³/mol. The van der Waals surface area contributed by atoms with E-state index in [0.717, 1.165) is 31.2 Å². The summed E-state index contributed by atoms with van der Waals surface area (Å²) in [5, 5.41) is 19.6. The van der Waals surface area contributed by atoms with E-state index in [2.05, 4.69) is 5.32 Å². The van der Waals surface area contributed by atoms with Crippen LogP contribution in [-0.2, 0) is 0 Å². The summed E-state index contributed by atoms with van der Waals surface area (Å²) in [7, 11) is 0. The molecule has 5 N–H and O–H groups in total. The van der Waals surface area contributed by atoms with E-state index in [1.807, 2.05) is 6.92 Å². The Morgan fingerprint density at radius 1 is 1.62 bits per heavy atom. The van der Waals surface area contributed by atoms with Crippen LogP contribution in [0.15, 0.2) is 11.4 Å². The van der Waals surface area contributed by atoms with Crippen molar-refractivity contribution in [1.29, 1.82) is 5.41 Å². The number of nitrogens with one attached hydrogen (secondary N) is 2. The van der Waals surface area contributed by atoms with Crippen molar-refractivity contribution in [3.8, 4) is 0 Å². The first-order valence-electron chi connectivity index (χ1n) is 4.56. The van der Waals surface area contributed by atoms with Gasteiger partial charge in [0, 0.05) is 11.9 Å². The van der Waals surface area contributed by atoms with E-state index in [9.17, 15) is 5.11 Å². The Morgan fingerprint density at radius 3 is 2.77 bits per heavy atom. The topological polar surface area (TPSA) is 82.1 Å². The molecule has 0 heterocycles. The molecule has 13 heavy (non-hydrogen) atoms. The second-order valence-corrected chi connectivity index (χ2v) is 3.47. The summed E-state index contributed by atoms with van der Waals surface area (Å²) in [6, 6.07) is 0.110. The highest BCUT2D eigenvalue weighted by Gasteiger charge is 2.24. The quantitative estimate of drug-likeness (QED) is 0.476. The van der Waals surface area contributed by atoms with Crippen molar-refractivity contribution in [2.75, 3.05) is 0 Å². The standard InChI is InChI=1S/C9H17N3O/c1-6(7(11)5-10)12-8-3-2-4-9(8)13/h5,8-10,12-13H,2-4,11H2,1H3/b7-6+,10-5?. The molecule has 0 aromatic rings. The molecule has 0 bridgehead atoms. The van der Waals surface area contributed by atoms with E-state index >= 15 is 0 Å². The van der Waals surface area contributed by atoms with Crippen LogP contribution in [0.1, 0.15) is 26.2 Å². The van der Waals surface area contributed by atoms with E-state index in [1.165, 1.54) is 0 Å². The summed E-state index contributed by atoms with van der Waals surface area (Å²) in [6.45, 7) is 1.82. The van der Waals surface area contributed by atoms with Crippen molar-refractivity contribution in [3.63, 3.8) is 0 Å². The number of allylic oxidation sites excluding steroid dienone is 2. The zero-order chi connectivity index (χ0) is 9.84. The van der Waals surface area contributed by atoms with Crippen LogP contribution in [0.4, 0.5) is 0 Å². The molecule has 0 saturated heterocycles. The molecule has 74 valence electrons. The Bertz CT molecular complexity index is 225. The summed E-state index contributed by atoms with van der Waals surface area (Å²) in [5.41, 5.74) is 6.74. The highest BCUT2D eigenvalue weighted by Crippen LogP contribution is 2.19. The summed E-state index contributed by atoms with van der Waals surface area (Å²) in [5.74, 6) is 0. The van der Waals surface area contributed by atoms with Crippen molar-refractivity contribution in [2.24, 2.45) is 5.73 Å². The molecule has 0 aromatic heterocycles. The van der Waals surface area contributed by atoms with Gasteiger partial charge in [0.05, 0.1) is 17.8 Å². The van der Waals surface area contributed by atoms with Crippen molar-refractivity contribution in [1.82, 2.24) is 5.32 Å². The average Bonchev–Trinajstić information content (AvgIpc) is 2.50. The van der Waals surface area contributed by atoms with Gasteiger partial charge in [-0.3, -0.25) is 0 Å². The first kappa shape index (κ1) is 10.1. The van der Waals surface area contributed by atoms with Crippen LogP contribution < -0.4 is 11.1 Å². The van der Waals surface area contributed by atoms with Gasteiger partial charge in [0.2, 0.25) is 0 Å². The first-order valence-corrected chi connectivity index (χ1v) is 4.56. The molecule has 1 aliphatic rings. The summed E-state index contributed by atoms with van der Waals surface area (Å²) < 4.78 is 0. The molecule has 0 aromatic carbocycles. The lowest BCUT2D eigenvalue weighted by molar-refractivity contribution is 0.154. The predicted octanol–water partition coefficient (Wildman–Crippen LogP) is 0.329. The molecule has 0 spiro atoms. The van der Waals surface area contributed by atoms with Gasteiger partial charge in [0.25, 0.3) is 0 Å². The van der Waals surface area contributed by atoms with Crippen LogP contribution >= 0.6 is 0 Å². The molecule has 2 unspecified atom stereocenters. The second-order valence-electron chi connectivity index (χ2n) is 3.47. The molecule has 1 aliphatic carbocycles.